The number of carbonyl (C=O) groups is 2. The molecule has 1 fully saturated rings. The van der Waals surface area contributed by atoms with E-state index in [9.17, 15) is 9.59 Å². The third-order valence-electron chi connectivity index (χ3n) is 3.63. The van der Waals surface area contributed by atoms with E-state index in [1.807, 2.05) is 6.92 Å². The van der Waals surface area contributed by atoms with Crippen LogP contribution in [0.4, 0.5) is 4.79 Å². The van der Waals surface area contributed by atoms with Crippen molar-refractivity contribution >= 4 is 12.0 Å². The molecule has 0 aromatic heterocycles. The van der Waals surface area contributed by atoms with Crippen molar-refractivity contribution in [2.45, 2.75) is 13.3 Å². The molecule has 1 aromatic rings. The Morgan fingerprint density at radius 1 is 1.05 bits per heavy atom. The molecule has 0 saturated carbocycles. The van der Waals surface area contributed by atoms with Gasteiger partial charge in [0.1, 0.15) is 5.75 Å². The molecule has 0 atom stereocenters. The van der Waals surface area contributed by atoms with Crippen molar-refractivity contribution in [2.24, 2.45) is 0 Å². The number of benzene rings is 1. The molecule has 0 aliphatic carbocycles. The van der Waals surface area contributed by atoms with E-state index < -0.39 is 0 Å². The van der Waals surface area contributed by atoms with Crippen LogP contribution in [0.5, 0.6) is 5.75 Å². The standard InChI is InChI=1S/C16H22N2O4/c1-3-22-14-7-5-13(6-8-14)15(19)17-9-4-10-18(12-11-17)16(20)21-2/h5-8H,3-4,9-12H2,1-2H3. The Hall–Kier alpha value is -2.24. The number of rotatable bonds is 3. The van der Waals surface area contributed by atoms with Gasteiger partial charge in [0, 0.05) is 31.7 Å². The molecule has 6 heteroatoms. The minimum absolute atomic E-state index is 0.0187. The quantitative estimate of drug-likeness (QED) is 0.857. The second kappa shape index (κ2) is 7.68. The maximum absolute atomic E-state index is 12.5. The minimum Gasteiger partial charge on any atom is -0.494 e. The molecule has 2 rings (SSSR count). The monoisotopic (exact) mass is 306 g/mol. The third-order valence-corrected chi connectivity index (χ3v) is 3.63. The lowest BCUT2D eigenvalue weighted by Crippen LogP contribution is -2.37. The maximum atomic E-state index is 12.5. The molecular formula is C16H22N2O4. The van der Waals surface area contributed by atoms with E-state index in [-0.39, 0.29) is 12.0 Å². The van der Waals surface area contributed by atoms with Crippen LogP contribution in [0, 0.1) is 0 Å². The Labute approximate surface area is 130 Å². The highest BCUT2D eigenvalue weighted by Gasteiger charge is 2.23. The molecule has 0 radical (unpaired) electrons. The second-order valence-electron chi connectivity index (χ2n) is 5.06. The van der Waals surface area contributed by atoms with E-state index in [1.165, 1.54) is 7.11 Å². The highest BCUT2D eigenvalue weighted by molar-refractivity contribution is 5.94. The van der Waals surface area contributed by atoms with Crippen LogP contribution in [-0.2, 0) is 4.74 Å². The van der Waals surface area contributed by atoms with Crippen molar-refractivity contribution in [3.63, 3.8) is 0 Å². The number of ether oxygens (including phenoxy) is 2. The van der Waals surface area contributed by atoms with Gasteiger partial charge in [0.25, 0.3) is 5.91 Å². The van der Waals surface area contributed by atoms with E-state index in [2.05, 4.69) is 0 Å². The summed E-state index contributed by atoms with van der Waals surface area (Å²) in [7, 11) is 1.37. The molecule has 1 aromatic carbocycles. The van der Waals surface area contributed by atoms with Crippen molar-refractivity contribution in [3.05, 3.63) is 29.8 Å². The van der Waals surface area contributed by atoms with E-state index in [0.717, 1.165) is 12.2 Å². The van der Waals surface area contributed by atoms with Crippen LogP contribution in [-0.4, -0.2) is 61.7 Å². The van der Waals surface area contributed by atoms with E-state index in [1.54, 1.807) is 34.1 Å². The molecule has 1 saturated heterocycles. The van der Waals surface area contributed by atoms with E-state index in [4.69, 9.17) is 9.47 Å². The zero-order chi connectivity index (χ0) is 15.9. The van der Waals surface area contributed by atoms with Crippen LogP contribution in [0.2, 0.25) is 0 Å². The Balaban J connectivity index is 1.98. The minimum atomic E-state index is -0.338. The molecule has 6 nitrogen and oxygen atoms in total. The molecule has 1 heterocycles. The second-order valence-corrected chi connectivity index (χ2v) is 5.06. The molecule has 1 aliphatic heterocycles. The highest BCUT2D eigenvalue weighted by atomic mass is 16.5. The Kier molecular flexibility index (Phi) is 5.63. The Morgan fingerprint density at radius 2 is 1.68 bits per heavy atom. The fourth-order valence-corrected chi connectivity index (χ4v) is 2.48. The normalized spacial score (nSPS) is 15.2. The molecule has 0 N–H and O–H groups in total. The summed E-state index contributed by atoms with van der Waals surface area (Å²) in [4.78, 5) is 27.5. The number of methoxy groups -OCH3 is 1. The zero-order valence-electron chi connectivity index (χ0n) is 13.1. The first-order chi connectivity index (χ1) is 10.7. The summed E-state index contributed by atoms with van der Waals surface area (Å²) in [6.45, 7) is 4.78. The molecule has 22 heavy (non-hydrogen) atoms. The predicted octanol–water partition coefficient (Wildman–Crippen LogP) is 2.00. The predicted molar refractivity (Wildman–Crippen MR) is 82.1 cm³/mol. The van der Waals surface area contributed by atoms with Crippen LogP contribution < -0.4 is 4.74 Å². The number of hydrogen-bond donors (Lipinski definition) is 0. The summed E-state index contributed by atoms with van der Waals surface area (Å²) >= 11 is 0. The van der Waals surface area contributed by atoms with Crippen molar-refractivity contribution in [3.8, 4) is 5.75 Å². The lowest BCUT2D eigenvalue weighted by atomic mass is 10.2. The van der Waals surface area contributed by atoms with Gasteiger partial charge in [0.2, 0.25) is 0 Å². The van der Waals surface area contributed by atoms with Crippen LogP contribution in [0.15, 0.2) is 24.3 Å². The van der Waals surface area contributed by atoms with Gasteiger partial charge < -0.3 is 19.3 Å². The molecule has 120 valence electrons. The molecule has 2 amide bonds. The first kappa shape index (κ1) is 16.1. The number of carbonyl (C=O) groups excluding carboxylic acids is 2. The average Bonchev–Trinajstić information content (AvgIpc) is 2.80. The van der Waals surface area contributed by atoms with Crippen LogP contribution >= 0.6 is 0 Å². The topological polar surface area (TPSA) is 59.1 Å². The zero-order valence-corrected chi connectivity index (χ0v) is 13.1. The highest BCUT2D eigenvalue weighted by Crippen LogP contribution is 2.15. The van der Waals surface area contributed by atoms with Gasteiger partial charge in [-0.3, -0.25) is 4.79 Å². The lowest BCUT2D eigenvalue weighted by molar-refractivity contribution is 0.0757. The lowest BCUT2D eigenvalue weighted by Gasteiger charge is -2.21. The summed E-state index contributed by atoms with van der Waals surface area (Å²) in [6, 6.07) is 7.15. The summed E-state index contributed by atoms with van der Waals surface area (Å²) in [5.74, 6) is 0.738. The van der Waals surface area contributed by atoms with Gasteiger partial charge in [-0.05, 0) is 37.6 Å². The van der Waals surface area contributed by atoms with E-state index >= 15 is 0 Å². The van der Waals surface area contributed by atoms with Gasteiger partial charge in [-0.1, -0.05) is 0 Å². The van der Waals surface area contributed by atoms with Crippen molar-refractivity contribution < 1.29 is 19.1 Å². The van der Waals surface area contributed by atoms with Crippen molar-refractivity contribution in [2.75, 3.05) is 39.9 Å². The van der Waals surface area contributed by atoms with Crippen molar-refractivity contribution in [1.29, 1.82) is 0 Å². The fourth-order valence-electron chi connectivity index (χ4n) is 2.48. The Bertz CT molecular complexity index is 515. The number of hydrogen-bond acceptors (Lipinski definition) is 4. The SMILES string of the molecule is CCOc1ccc(C(=O)N2CCCN(C(=O)OC)CC2)cc1. The maximum Gasteiger partial charge on any atom is 0.409 e. The third kappa shape index (κ3) is 3.90. The average molecular weight is 306 g/mol. The summed E-state index contributed by atoms with van der Waals surface area (Å²) in [6.07, 6.45) is 0.410. The van der Waals surface area contributed by atoms with Crippen molar-refractivity contribution in [1.82, 2.24) is 9.80 Å². The van der Waals surface area contributed by atoms with Gasteiger partial charge in [0.05, 0.1) is 13.7 Å². The molecule has 0 spiro atoms. The van der Waals surface area contributed by atoms with Crippen LogP contribution in [0.25, 0.3) is 0 Å². The van der Waals surface area contributed by atoms with Gasteiger partial charge in [-0.25, -0.2) is 4.79 Å². The summed E-state index contributed by atoms with van der Waals surface area (Å²) in [5.41, 5.74) is 0.634. The van der Waals surface area contributed by atoms with Crippen LogP contribution in [0.3, 0.4) is 0 Å². The molecule has 0 bridgehead atoms. The largest absolute Gasteiger partial charge is 0.494 e. The number of nitrogens with zero attached hydrogens (tertiary/aromatic N) is 2. The fraction of sp³-hybridized carbons (Fsp3) is 0.500. The van der Waals surface area contributed by atoms with Gasteiger partial charge >= 0.3 is 6.09 Å². The first-order valence-corrected chi connectivity index (χ1v) is 7.50. The van der Waals surface area contributed by atoms with Crippen LogP contribution in [0.1, 0.15) is 23.7 Å². The first-order valence-electron chi connectivity index (χ1n) is 7.50. The molecule has 1 aliphatic rings. The summed E-state index contributed by atoms with van der Waals surface area (Å²) in [5, 5.41) is 0. The van der Waals surface area contributed by atoms with Gasteiger partial charge in [-0.15, -0.1) is 0 Å². The Morgan fingerprint density at radius 3 is 2.32 bits per heavy atom. The number of amides is 2. The molecular weight excluding hydrogens is 284 g/mol. The van der Waals surface area contributed by atoms with E-state index in [0.29, 0.717) is 38.3 Å². The van der Waals surface area contributed by atoms with Gasteiger partial charge in [-0.2, -0.15) is 0 Å². The van der Waals surface area contributed by atoms with Gasteiger partial charge in [0.15, 0.2) is 0 Å². The molecule has 0 unspecified atom stereocenters. The smallest absolute Gasteiger partial charge is 0.409 e. The summed E-state index contributed by atoms with van der Waals surface area (Å²) < 4.78 is 10.1.